The number of hydrogen-bond donors (Lipinski definition) is 1. The van der Waals surface area contributed by atoms with Crippen molar-refractivity contribution in [1.29, 1.82) is 0 Å². The number of rotatable bonds is 12. The molecule has 25 heavy (non-hydrogen) atoms. The van der Waals surface area contributed by atoms with Crippen LogP contribution in [0, 0.1) is 0 Å². The molecule has 4 heteroatoms. The molecule has 0 spiro atoms. The molecule has 0 saturated carbocycles. The Balaban J connectivity index is 4.86. The Labute approximate surface area is 157 Å². The Morgan fingerprint density at radius 1 is 1.08 bits per heavy atom. The minimum atomic E-state index is -2.37. The molecule has 0 aliphatic heterocycles. The van der Waals surface area contributed by atoms with Crippen molar-refractivity contribution >= 4 is 8.56 Å². The zero-order valence-electron chi connectivity index (χ0n) is 17.7. The van der Waals surface area contributed by atoms with E-state index in [9.17, 15) is 5.11 Å². The van der Waals surface area contributed by atoms with Gasteiger partial charge in [0.25, 0.3) is 0 Å². The maximum atomic E-state index is 9.19. The number of aliphatic hydroxyl groups is 1. The molecule has 0 aromatic heterocycles. The van der Waals surface area contributed by atoms with Crippen LogP contribution in [0.25, 0.3) is 0 Å². The highest BCUT2D eigenvalue weighted by molar-refractivity contribution is 6.64. The zero-order valence-corrected chi connectivity index (χ0v) is 18.7. The quantitative estimate of drug-likeness (QED) is 0.344. The van der Waals surface area contributed by atoms with E-state index in [-0.39, 0.29) is 12.2 Å². The number of hydrogen-bond acceptors (Lipinski definition) is 3. The standard InChI is InChI=1S/C21H40O3Si/c1-10-21(7,15-14-19(4)13-11-12-18(2)3)24-25(8,9)23-20(5,6)16-17-22/h10,12,14,22H,1,11,13,15-17H2,2-9H3/b19-14+. The molecule has 0 fully saturated rings. The van der Waals surface area contributed by atoms with Gasteiger partial charge >= 0.3 is 8.56 Å². The van der Waals surface area contributed by atoms with E-state index in [4.69, 9.17) is 8.85 Å². The van der Waals surface area contributed by atoms with Crippen LogP contribution in [0.2, 0.25) is 13.1 Å². The van der Waals surface area contributed by atoms with Gasteiger partial charge in [-0.3, -0.25) is 0 Å². The predicted octanol–water partition coefficient (Wildman–Crippen LogP) is 5.91. The van der Waals surface area contributed by atoms with Gasteiger partial charge in [-0.05, 0) is 80.3 Å². The van der Waals surface area contributed by atoms with E-state index in [0.717, 1.165) is 19.3 Å². The highest BCUT2D eigenvalue weighted by Crippen LogP contribution is 2.29. The van der Waals surface area contributed by atoms with Crippen LogP contribution in [0.1, 0.15) is 67.2 Å². The highest BCUT2D eigenvalue weighted by atomic mass is 28.4. The molecule has 0 aliphatic carbocycles. The molecule has 1 unspecified atom stereocenters. The summed E-state index contributed by atoms with van der Waals surface area (Å²) in [4.78, 5) is 0. The fraction of sp³-hybridized carbons (Fsp3) is 0.714. The van der Waals surface area contributed by atoms with Gasteiger partial charge < -0.3 is 14.0 Å². The van der Waals surface area contributed by atoms with E-state index in [1.165, 1.54) is 11.1 Å². The van der Waals surface area contributed by atoms with Crippen molar-refractivity contribution < 1.29 is 14.0 Å². The van der Waals surface area contributed by atoms with E-state index < -0.39 is 14.2 Å². The second-order valence-corrected chi connectivity index (χ2v) is 11.6. The van der Waals surface area contributed by atoms with Crippen LogP contribution >= 0.6 is 0 Å². The Morgan fingerprint density at radius 2 is 1.68 bits per heavy atom. The maximum absolute atomic E-state index is 9.19. The molecule has 0 bridgehead atoms. The molecule has 0 heterocycles. The summed E-state index contributed by atoms with van der Waals surface area (Å²) in [7, 11) is -2.37. The SMILES string of the molecule is C=CC(C)(C/C=C(\C)CCC=C(C)C)O[Si](C)(C)OC(C)(C)CCO. The van der Waals surface area contributed by atoms with E-state index in [0.29, 0.717) is 6.42 Å². The lowest BCUT2D eigenvalue weighted by molar-refractivity contribution is 0.00524. The van der Waals surface area contributed by atoms with Gasteiger partial charge in [0.1, 0.15) is 0 Å². The lowest BCUT2D eigenvalue weighted by atomic mass is 10.00. The van der Waals surface area contributed by atoms with Crippen LogP contribution in [-0.4, -0.2) is 31.5 Å². The van der Waals surface area contributed by atoms with Crippen molar-refractivity contribution in [1.82, 2.24) is 0 Å². The monoisotopic (exact) mass is 368 g/mol. The minimum absolute atomic E-state index is 0.115. The smallest absolute Gasteiger partial charge is 0.332 e. The summed E-state index contributed by atoms with van der Waals surface area (Å²) < 4.78 is 12.7. The van der Waals surface area contributed by atoms with Crippen molar-refractivity contribution in [3.63, 3.8) is 0 Å². The minimum Gasteiger partial charge on any atom is -0.396 e. The van der Waals surface area contributed by atoms with Crippen LogP contribution in [0.15, 0.2) is 36.0 Å². The van der Waals surface area contributed by atoms with Crippen molar-refractivity contribution in [3.8, 4) is 0 Å². The van der Waals surface area contributed by atoms with E-state index in [1.54, 1.807) is 0 Å². The van der Waals surface area contributed by atoms with E-state index >= 15 is 0 Å². The molecule has 0 aromatic rings. The van der Waals surface area contributed by atoms with Crippen LogP contribution in [-0.2, 0) is 8.85 Å². The molecule has 3 nitrogen and oxygen atoms in total. The van der Waals surface area contributed by atoms with Gasteiger partial charge in [0.05, 0.1) is 11.2 Å². The fourth-order valence-corrected chi connectivity index (χ4v) is 5.57. The summed E-state index contributed by atoms with van der Waals surface area (Å²) in [5.41, 5.74) is 1.91. The van der Waals surface area contributed by atoms with Gasteiger partial charge in [0.2, 0.25) is 0 Å². The highest BCUT2D eigenvalue weighted by Gasteiger charge is 2.38. The third kappa shape index (κ3) is 11.5. The van der Waals surface area contributed by atoms with Crippen molar-refractivity contribution in [3.05, 3.63) is 36.0 Å². The summed E-state index contributed by atoms with van der Waals surface area (Å²) >= 11 is 0. The molecule has 0 rings (SSSR count). The molecular weight excluding hydrogens is 328 g/mol. The van der Waals surface area contributed by atoms with Crippen LogP contribution < -0.4 is 0 Å². The summed E-state index contributed by atoms with van der Waals surface area (Å²) in [6.07, 6.45) is 9.94. The van der Waals surface area contributed by atoms with Crippen LogP contribution in [0.4, 0.5) is 0 Å². The second kappa shape index (κ2) is 10.5. The summed E-state index contributed by atoms with van der Waals surface area (Å²) in [6, 6.07) is 0. The lowest BCUT2D eigenvalue weighted by Gasteiger charge is -2.39. The normalized spacial score (nSPS) is 15.6. The average molecular weight is 369 g/mol. The Morgan fingerprint density at radius 3 is 2.16 bits per heavy atom. The molecule has 0 aromatic carbocycles. The zero-order chi connectivity index (χ0) is 19.7. The summed E-state index contributed by atoms with van der Waals surface area (Å²) in [6.45, 7) is 20.7. The lowest BCUT2D eigenvalue weighted by Crippen LogP contribution is -2.49. The molecule has 0 radical (unpaired) electrons. The Bertz CT molecular complexity index is 474. The maximum Gasteiger partial charge on any atom is 0.332 e. The Hall–Kier alpha value is -0.683. The first kappa shape index (κ1) is 24.3. The first-order chi connectivity index (χ1) is 11.3. The fourth-order valence-electron chi connectivity index (χ4n) is 2.80. The van der Waals surface area contributed by atoms with E-state index in [2.05, 4.69) is 59.5 Å². The third-order valence-electron chi connectivity index (χ3n) is 4.09. The van der Waals surface area contributed by atoms with Gasteiger partial charge in [0, 0.05) is 6.61 Å². The molecule has 0 amide bonds. The Kier molecular flexibility index (Phi) is 10.2. The summed E-state index contributed by atoms with van der Waals surface area (Å²) in [5.74, 6) is 0. The van der Waals surface area contributed by atoms with Gasteiger partial charge in [-0.2, -0.15) is 0 Å². The van der Waals surface area contributed by atoms with Crippen LogP contribution in [0.5, 0.6) is 0 Å². The molecule has 146 valence electrons. The van der Waals surface area contributed by atoms with Crippen molar-refractivity contribution in [2.45, 2.75) is 91.5 Å². The second-order valence-electron chi connectivity index (χ2n) is 8.43. The number of allylic oxidation sites excluding steroid dienone is 3. The van der Waals surface area contributed by atoms with Crippen LogP contribution in [0.3, 0.4) is 0 Å². The van der Waals surface area contributed by atoms with Gasteiger partial charge in [-0.25, -0.2) is 0 Å². The van der Waals surface area contributed by atoms with Gasteiger partial charge in [0.15, 0.2) is 0 Å². The topological polar surface area (TPSA) is 38.7 Å². The average Bonchev–Trinajstić information content (AvgIpc) is 2.42. The van der Waals surface area contributed by atoms with Crippen molar-refractivity contribution in [2.75, 3.05) is 6.61 Å². The van der Waals surface area contributed by atoms with E-state index in [1.807, 2.05) is 19.9 Å². The molecule has 0 aliphatic rings. The molecular formula is C21H40O3Si. The summed E-state index contributed by atoms with van der Waals surface area (Å²) in [5, 5.41) is 9.19. The molecule has 0 saturated heterocycles. The van der Waals surface area contributed by atoms with Gasteiger partial charge in [-0.1, -0.05) is 29.4 Å². The first-order valence-corrected chi connectivity index (χ1v) is 12.1. The predicted molar refractivity (Wildman–Crippen MR) is 111 cm³/mol. The molecule has 1 N–H and O–H groups in total. The third-order valence-corrected chi connectivity index (χ3v) is 6.10. The van der Waals surface area contributed by atoms with Gasteiger partial charge in [-0.15, -0.1) is 6.58 Å². The number of aliphatic hydroxyl groups excluding tert-OH is 1. The molecule has 1 atom stereocenters. The van der Waals surface area contributed by atoms with Crippen molar-refractivity contribution in [2.24, 2.45) is 0 Å². The first-order valence-electron chi connectivity index (χ1n) is 9.28. The largest absolute Gasteiger partial charge is 0.396 e.